The lowest BCUT2D eigenvalue weighted by atomic mass is 9.80. The third kappa shape index (κ3) is 6.89. The molecule has 194 valence electrons. The Morgan fingerprint density at radius 3 is 2.06 bits per heavy atom. The van der Waals surface area contributed by atoms with Crippen molar-refractivity contribution < 1.29 is 9.13 Å². The highest BCUT2D eigenvalue weighted by atomic mass is 19.1. The van der Waals surface area contributed by atoms with E-state index in [1.54, 1.807) is 6.07 Å². The molecule has 35 heavy (non-hydrogen) atoms. The van der Waals surface area contributed by atoms with E-state index < -0.39 is 0 Å². The molecular weight excluding hydrogens is 431 g/mol. The highest BCUT2D eigenvalue weighted by Gasteiger charge is 2.26. The lowest BCUT2D eigenvalue weighted by Crippen LogP contribution is -2.26. The topological polar surface area (TPSA) is 9.23 Å². The monoisotopic (exact) mass is 480 g/mol. The molecule has 0 unspecified atom stereocenters. The molecule has 0 aliphatic heterocycles. The number of benzene rings is 2. The van der Waals surface area contributed by atoms with Crippen LogP contribution in [0.15, 0.2) is 30.3 Å². The average Bonchev–Trinajstić information content (AvgIpc) is 2.89. The summed E-state index contributed by atoms with van der Waals surface area (Å²) < 4.78 is 21.9. The van der Waals surface area contributed by atoms with Crippen LogP contribution in [0.1, 0.15) is 110 Å². The van der Waals surface area contributed by atoms with Crippen molar-refractivity contribution in [2.45, 2.75) is 112 Å². The molecule has 1 nitrogen and oxygen atoms in total. The number of hydrogen-bond donors (Lipinski definition) is 0. The van der Waals surface area contributed by atoms with Crippen molar-refractivity contribution in [3.8, 4) is 16.9 Å². The van der Waals surface area contributed by atoms with Gasteiger partial charge >= 0.3 is 0 Å². The molecule has 0 radical (unpaired) electrons. The minimum Gasteiger partial charge on any atom is -0.493 e. The molecule has 1 fully saturated rings. The van der Waals surface area contributed by atoms with Gasteiger partial charge in [0.15, 0.2) is 0 Å². The van der Waals surface area contributed by atoms with Crippen LogP contribution in [0.4, 0.5) is 4.39 Å². The third-order valence-corrected chi connectivity index (χ3v) is 9.13. The summed E-state index contributed by atoms with van der Waals surface area (Å²) in [5.74, 6) is 2.58. The van der Waals surface area contributed by atoms with Crippen LogP contribution < -0.4 is 4.74 Å². The molecule has 0 N–H and O–H groups in total. The number of ether oxygens (including phenoxy) is 1. The van der Waals surface area contributed by atoms with Gasteiger partial charge in [0.05, 0.1) is 6.61 Å². The van der Waals surface area contributed by atoms with Gasteiger partial charge in [-0.2, -0.15) is 0 Å². The minimum absolute atomic E-state index is 0.0906. The maximum Gasteiger partial charge on any atom is 0.131 e. The Morgan fingerprint density at radius 2 is 1.49 bits per heavy atom. The zero-order valence-corrected chi connectivity index (χ0v) is 23.3. The van der Waals surface area contributed by atoms with Gasteiger partial charge in [-0.3, -0.25) is 0 Å². The van der Waals surface area contributed by atoms with Gasteiger partial charge in [0, 0.05) is 11.0 Å². The fourth-order valence-corrected chi connectivity index (χ4v) is 5.83. The molecule has 3 rings (SSSR count). The Morgan fingerprint density at radius 1 is 0.829 bits per heavy atom. The van der Waals surface area contributed by atoms with Crippen molar-refractivity contribution in [3.05, 3.63) is 52.8 Å². The van der Waals surface area contributed by atoms with Gasteiger partial charge in [0.2, 0.25) is 0 Å². The van der Waals surface area contributed by atoms with Gasteiger partial charge in [-0.1, -0.05) is 79.4 Å². The van der Waals surface area contributed by atoms with Crippen LogP contribution in [0.25, 0.3) is 11.1 Å². The van der Waals surface area contributed by atoms with Gasteiger partial charge in [0.1, 0.15) is 11.6 Å². The smallest absolute Gasteiger partial charge is 0.131 e. The van der Waals surface area contributed by atoms with Gasteiger partial charge < -0.3 is 4.74 Å². The van der Waals surface area contributed by atoms with E-state index in [9.17, 15) is 0 Å². The van der Waals surface area contributed by atoms with E-state index in [0.717, 1.165) is 85.0 Å². The summed E-state index contributed by atoms with van der Waals surface area (Å²) in [4.78, 5) is 0. The highest BCUT2D eigenvalue weighted by Crippen LogP contribution is 2.37. The van der Waals surface area contributed by atoms with E-state index in [1.165, 1.54) is 37.7 Å². The fraction of sp³-hybridized carbons (Fsp3) is 0.636. The Kier molecular flexibility index (Phi) is 10.3. The number of rotatable bonds is 12. The molecule has 1 aliphatic carbocycles. The minimum atomic E-state index is -0.0906. The largest absolute Gasteiger partial charge is 0.493 e. The van der Waals surface area contributed by atoms with Gasteiger partial charge in [-0.15, -0.1) is 0 Å². The van der Waals surface area contributed by atoms with Crippen molar-refractivity contribution >= 4 is 0 Å². The van der Waals surface area contributed by atoms with Crippen molar-refractivity contribution in [3.63, 3.8) is 0 Å². The predicted octanol–water partition coefficient (Wildman–Crippen LogP) is 9.97. The number of aryl methyl sites for hydroxylation is 3. The molecule has 0 amide bonds. The molecule has 0 aromatic heterocycles. The Balaban J connectivity index is 1.79. The van der Waals surface area contributed by atoms with Crippen molar-refractivity contribution in [2.75, 3.05) is 6.61 Å². The Hall–Kier alpha value is -1.83. The van der Waals surface area contributed by atoms with Gasteiger partial charge in [-0.05, 0) is 97.2 Å². The molecular formula is C33H49FO. The number of hydrogen-bond acceptors (Lipinski definition) is 1. The summed E-state index contributed by atoms with van der Waals surface area (Å²) >= 11 is 0. The first-order valence-electron chi connectivity index (χ1n) is 14.5. The SMILES string of the molecule is CCc1cc(-c2ccc(CCC3CCC(C)CC3)cc2F)c(CC)cc1OCC(CC)(CC)CC. The summed E-state index contributed by atoms with van der Waals surface area (Å²) in [7, 11) is 0. The molecule has 1 aliphatic rings. The summed E-state index contributed by atoms with van der Waals surface area (Å²) in [6.45, 7) is 14.2. The zero-order chi connectivity index (χ0) is 25.4. The molecule has 0 saturated heterocycles. The van der Waals surface area contributed by atoms with Crippen molar-refractivity contribution in [1.82, 2.24) is 0 Å². The van der Waals surface area contributed by atoms with E-state index in [4.69, 9.17) is 4.74 Å². The van der Waals surface area contributed by atoms with Crippen molar-refractivity contribution in [2.24, 2.45) is 17.3 Å². The van der Waals surface area contributed by atoms with Crippen LogP contribution in [-0.4, -0.2) is 6.61 Å². The van der Waals surface area contributed by atoms with E-state index in [-0.39, 0.29) is 11.2 Å². The van der Waals surface area contributed by atoms with E-state index in [2.05, 4.69) is 59.7 Å². The maximum absolute atomic E-state index is 15.4. The summed E-state index contributed by atoms with van der Waals surface area (Å²) in [6, 6.07) is 10.3. The van der Waals surface area contributed by atoms with E-state index in [1.807, 2.05) is 6.07 Å². The first-order chi connectivity index (χ1) is 16.9. The second-order valence-corrected chi connectivity index (χ2v) is 11.2. The zero-order valence-electron chi connectivity index (χ0n) is 23.3. The third-order valence-electron chi connectivity index (χ3n) is 9.13. The lowest BCUT2D eigenvalue weighted by Gasteiger charge is -2.31. The molecule has 2 heteroatoms. The first-order valence-corrected chi connectivity index (χ1v) is 14.5. The molecule has 2 aromatic carbocycles. The molecule has 0 heterocycles. The van der Waals surface area contributed by atoms with Crippen molar-refractivity contribution in [1.29, 1.82) is 0 Å². The summed E-state index contributed by atoms with van der Waals surface area (Å²) in [6.07, 6.45) is 12.7. The maximum atomic E-state index is 15.4. The van der Waals surface area contributed by atoms with Crippen LogP contribution in [-0.2, 0) is 19.3 Å². The van der Waals surface area contributed by atoms with Gasteiger partial charge in [-0.25, -0.2) is 4.39 Å². The normalized spacial score (nSPS) is 18.6. The van der Waals surface area contributed by atoms with Gasteiger partial charge in [0.25, 0.3) is 0 Å². The summed E-state index contributed by atoms with van der Waals surface area (Å²) in [5.41, 5.74) is 5.44. The quantitative estimate of drug-likeness (QED) is 0.294. The van der Waals surface area contributed by atoms with E-state index >= 15 is 4.39 Å². The van der Waals surface area contributed by atoms with Crippen LogP contribution in [0.2, 0.25) is 0 Å². The Labute approximate surface area is 214 Å². The molecule has 0 bridgehead atoms. The lowest BCUT2D eigenvalue weighted by molar-refractivity contribution is 0.127. The fourth-order valence-electron chi connectivity index (χ4n) is 5.83. The van der Waals surface area contributed by atoms with Crippen LogP contribution >= 0.6 is 0 Å². The molecule has 2 aromatic rings. The molecule has 1 saturated carbocycles. The van der Waals surface area contributed by atoms with E-state index in [0.29, 0.717) is 0 Å². The van der Waals surface area contributed by atoms with Crippen LogP contribution in [0, 0.1) is 23.1 Å². The predicted molar refractivity (Wildman–Crippen MR) is 149 cm³/mol. The highest BCUT2D eigenvalue weighted by molar-refractivity contribution is 5.71. The molecule has 0 spiro atoms. The second-order valence-electron chi connectivity index (χ2n) is 11.2. The Bertz CT molecular complexity index is 926. The second kappa shape index (κ2) is 12.9. The summed E-state index contributed by atoms with van der Waals surface area (Å²) in [5, 5.41) is 0. The standard InChI is InChI=1S/C33H49FO/c1-7-27-22-32(35-23-33(9-3,10-4)11-5)28(8-2)21-30(27)29-19-18-26(20-31(29)34)17-16-25-14-12-24(6)13-15-25/h18-22,24-25H,7-17,23H2,1-6H3. The van der Waals surface area contributed by atoms with Crippen LogP contribution in [0.5, 0.6) is 5.75 Å². The van der Waals surface area contributed by atoms with Crippen LogP contribution in [0.3, 0.4) is 0 Å². The molecule has 0 atom stereocenters. The number of halogens is 1. The first kappa shape index (κ1) is 27.8. The average molecular weight is 481 g/mol.